The number of aryl methyl sites for hydroxylation is 1. The van der Waals surface area contributed by atoms with Gasteiger partial charge in [0.2, 0.25) is 5.82 Å². The van der Waals surface area contributed by atoms with E-state index in [1.54, 1.807) is 11.7 Å². The molecule has 7 heteroatoms. The fourth-order valence-electron chi connectivity index (χ4n) is 2.88. The highest BCUT2D eigenvalue weighted by Crippen LogP contribution is 2.34. The van der Waals surface area contributed by atoms with Crippen molar-refractivity contribution in [1.29, 1.82) is 0 Å². The first kappa shape index (κ1) is 15.8. The maximum Gasteiger partial charge on any atom is 0.334 e. The zero-order chi connectivity index (χ0) is 15.7. The predicted molar refractivity (Wildman–Crippen MR) is 82.7 cm³/mol. The standard InChI is InChI=1S/C14H25N5O2/c1-9(2)12-13(19(20)21)14(18(5)16-12)15-11-6-7-17(4)10(3)8-11/h9-11,15H,6-8H2,1-5H3. The summed E-state index contributed by atoms with van der Waals surface area (Å²) in [5.74, 6) is 0.564. The molecule has 1 aliphatic heterocycles. The quantitative estimate of drug-likeness (QED) is 0.681. The number of nitrogens with one attached hydrogen (secondary N) is 1. The number of rotatable bonds is 4. The largest absolute Gasteiger partial charge is 0.362 e. The summed E-state index contributed by atoms with van der Waals surface area (Å²) in [6.45, 7) is 7.04. The number of nitrogens with zero attached hydrogens (tertiary/aromatic N) is 4. The van der Waals surface area contributed by atoms with E-state index in [0.29, 0.717) is 17.6 Å². The van der Waals surface area contributed by atoms with Crippen molar-refractivity contribution in [3.8, 4) is 0 Å². The number of likely N-dealkylation sites (tertiary alicyclic amines) is 1. The van der Waals surface area contributed by atoms with Crippen LogP contribution < -0.4 is 5.32 Å². The summed E-state index contributed by atoms with van der Waals surface area (Å²) in [4.78, 5) is 13.4. The van der Waals surface area contributed by atoms with Gasteiger partial charge in [-0.1, -0.05) is 13.8 Å². The smallest absolute Gasteiger partial charge is 0.334 e. The lowest BCUT2D eigenvalue weighted by Gasteiger charge is -2.35. The zero-order valence-electron chi connectivity index (χ0n) is 13.5. The van der Waals surface area contributed by atoms with Crippen molar-refractivity contribution in [2.24, 2.45) is 7.05 Å². The minimum absolute atomic E-state index is 0.0311. The van der Waals surface area contributed by atoms with Crippen LogP contribution in [0.25, 0.3) is 0 Å². The molecule has 0 amide bonds. The van der Waals surface area contributed by atoms with Crippen LogP contribution in [0.15, 0.2) is 0 Å². The lowest BCUT2D eigenvalue weighted by molar-refractivity contribution is -0.384. The van der Waals surface area contributed by atoms with Gasteiger partial charge in [0.15, 0.2) is 0 Å². The number of nitro groups is 1. The normalized spacial score (nSPS) is 23.5. The molecule has 0 aromatic carbocycles. The SMILES string of the molecule is CC(C)c1nn(C)c(NC2CCN(C)C(C)C2)c1[N+](=O)[O-]. The molecule has 0 radical (unpaired) electrons. The Bertz CT molecular complexity index is 526. The van der Waals surface area contributed by atoms with E-state index < -0.39 is 0 Å². The van der Waals surface area contributed by atoms with Crippen LogP contribution in [0.3, 0.4) is 0 Å². The lowest BCUT2D eigenvalue weighted by atomic mass is 9.99. The van der Waals surface area contributed by atoms with Gasteiger partial charge >= 0.3 is 5.69 Å². The molecule has 21 heavy (non-hydrogen) atoms. The van der Waals surface area contributed by atoms with Crippen LogP contribution in [0.5, 0.6) is 0 Å². The molecule has 7 nitrogen and oxygen atoms in total. The van der Waals surface area contributed by atoms with Crippen LogP contribution in [0.4, 0.5) is 11.5 Å². The van der Waals surface area contributed by atoms with Crippen molar-refractivity contribution in [3.63, 3.8) is 0 Å². The monoisotopic (exact) mass is 295 g/mol. The van der Waals surface area contributed by atoms with Gasteiger partial charge in [-0.25, -0.2) is 4.68 Å². The van der Waals surface area contributed by atoms with Crippen molar-refractivity contribution >= 4 is 11.5 Å². The van der Waals surface area contributed by atoms with Gasteiger partial charge in [-0.05, 0) is 26.8 Å². The molecule has 0 spiro atoms. The molecule has 1 N–H and O–H groups in total. The van der Waals surface area contributed by atoms with Gasteiger partial charge in [0, 0.05) is 31.6 Å². The topological polar surface area (TPSA) is 76.2 Å². The average Bonchev–Trinajstić information content (AvgIpc) is 2.72. The number of aromatic nitrogens is 2. The van der Waals surface area contributed by atoms with Gasteiger partial charge in [0.05, 0.1) is 4.92 Å². The van der Waals surface area contributed by atoms with E-state index in [1.807, 2.05) is 13.8 Å². The van der Waals surface area contributed by atoms with Crippen LogP contribution in [0, 0.1) is 10.1 Å². The number of hydrogen-bond acceptors (Lipinski definition) is 5. The third-order valence-electron chi connectivity index (χ3n) is 4.33. The highest BCUT2D eigenvalue weighted by Gasteiger charge is 2.31. The molecular formula is C14H25N5O2. The molecule has 1 aliphatic rings. The third-order valence-corrected chi connectivity index (χ3v) is 4.33. The van der Waals surface area contributed by atoms with Crippen LogP contribution in [-0.4, -0.2) is 45.3 Å². The Morgan fingerprint density at radius 2 is 2.10 bits per heavy atom. The Labute approximate surface area is 125 Å². The summed E-state index contributed by atoms with van der Waals surface area (Å²) in [5, 5.41) is 19.1. The fraction of sp³-hybridized carbons (Fsp3) is 0.786. The van der Waals surface area contributed by atoms with Crippen LogP contribution in [0.1, 0.15) is 45.2 Å². The molecule has 2 unspecified atom stereocenters. The highest BCUT2D eigenvalue weighted by molar-refractivity contribution is 5.61. The average molecular weight is 295 g/mol. The van der Waals surface area contributed by atoms with Gasteiger partial charge in [-0.3, -0.25) is 10.1 Å². The molecular weight excluding hydrogens is 270 g/mol. The van der Waals surface area contributed by atoms with E-state index in [2.05, 4.69) is 29.3 Å². The van der Waals surface area contributed by atoms with Crippen molar-refractivity contribution in [1.82, 2.24) is 14.7 Å². The summed E-state index contributed by atoms with van der Waals surface area (Å²) in [6, 6.07) is 0.735. The minimum atomic E-state index is -0.316. The van der Waals surface area contributed by atoms with Crippen molar-refractivity contribution in [2.45, 2.75) is 51.6 Å². The molecule has 1 saturated heterocycles. The van der Waals surface area contributed by atoms with Crippen molar-refractivity contribution in [2.75, 3.05) is 18.9 Å². The van der Waals surface area contributed by atoms with Gasteiger partial charge in [0.25, 0.3) is 0 Å². The minimum Gasteiger partial charge on any atom is -0.362 e. The van der Waals surface area contributed by atoms with Crippen LogP contribution in [-0.2, 0) is 7.05 Å². The maximum atomic E-state index is 11.4. The van der Waals surface area contributed by atoms with Crippen molar-refractivity contribution < 1.29 is 4.92 Å². The Kier molecular flexibility index (Phi) is 4.51. The van der Waals surface area contributed by atoms with Crippen LogP contribution in [0.2, 0.25) is 0 Å². The van der Waals surface area contributed by atoms with E-state index in [0.717, 1.165) is 19.4 Å². The number of piperidine rings is 1. The van der Waals surface area contributed by atoms with Gasteiger partial charge in [-0.15, -0.1) is 0 Å². The molecule has 118 valence electrons. The second-order valence-electron chi connectivity index (χ2n) is 6.31. The number of hydrogen-bond donors (Lipinski definition) is 1. The first-order chi connectivity index (χ1) is 9.81. The Hall–Kier alpha value is -1.63. The molecule has 0 saturated carbocycles. The summed E-state index contributed by atoms with van der Waals surface area (Å²) < 4.78 is 1.61. The van der Waals surface area contributed by atoms with Crippen molar-refractivity contribution in [3.05, 3.63) is 15.8 Å². The molecule has 2 rings (SSSR count). The third kappa shape index (κ3) is 3.18. The summed E-state index contributed by atoms with van der Waals surface area (Å²) in [5.41, 5.74) is 0.671. The molecule has 2 atom stereocenters. The second kappa shape index (κ2) is 6.01. The van der Waals surface area contributed by atoms with Gasteiger partial charge < -0.3 is 10.2 Å². The summed E-state index contributed by atoms with van der Waals surface area (Å²) >= 11 is 0. The van der Waals surface area contributed by atoms with E-state index in [4.69, 9.17) is 0 Å². The lowest BCUT2D eigenvalue weighted by Crippen LogP contribution is -2.42. The van der Waals surface area contributed by atoms with E-state index in [1.165, 1.54) is 0 Å². The Morgan fingerprint density at radius 3 is 2.62 bits per heavy atom. The van der Waals surface area contributed by atoms with Gasteiger partial charge in [-0.2, -0.15) is 5.10 Å². The second-order valence-corrected chi connectivity index (χ2v) is 6.31. The first-order valence-corrected chi connectivity index (χ1v) is 7.49. The highest BCUT2D eigenvalue weighted by atomic mass is 16.6. The van der Waals surface area contributed by atoms with Crippen LogP contribution >= 0.6 is 0 Å². The fourth-order valence-corrected chi connectivity index (χ4v) is 2.88. The zero-order valence-corrected chi connectivity index (χ0v) is 13.5. The Balaban J connectivity index is 2.25. The molecule has 1 fully saturated rings. The molecule has 0 bridgehead atoms. The van der Waals surface area contributed by atoms with E-state index in [-0.39, 0.29) is 22.6 Å². The first-order valence-electron chi connectivity index (χ1n) is 7.49. The van der Waals surface area contributed by atoms with E-state index >= 15 is 0 Å². The summed E-state index contributed by atoms with van der Waals surface area (Å²) in [6.07, 6.45) is 1.97. The predicted octanol–water partition coefficient (Wildman–Crippen LogP) is 2.35. The molecule has 1 aromatic heterocycles. The Morgan fingerprint density at radius 1 is 1.43 bits per heavy atom. The van der Waals surface area contributed by atoms with E-state index in [9.17, 15) is 10.1 Å². The number of anilines is 1. The maximum absolute atomic E-state index is 11.4. The summed E-state index contributed by atoms with van der Waals surface area (Å²) in [7, 11) is 3.88. The van der Waals surface area contributed by atoms with Gasteiger partial charge in [0.1, 0.15) is 5.69 Å². The molecule has 1 aromatic rings. The molecule has 0 aliphatic carbocycles. The molecule has 2 heterocycles.